The zero-order chi connectivity index (χ0) is 11.3. The molecule has 5 heteroatoms. The summed E-state index contributed by atoms with van der Waals surface area (Å²) in [5.41, 5.74) is 5.46. The maximum atomic E-state index is 5.96. The van der Waals surface area contributed by atoms with Crippen LogP contribution in [0.25, 0.3) is 0 Å². The average Bonchev–Trinajstić information content (AvgIpc) is 2.17. The van der Waals surface area contributed by atoms with Gasteiger partial charge < -0.3 is 11.1 Å². The molecule has 3 nitrogen and oxygen atoms in total. The molecule has 0 aliphatic heterocycles. The number of nitrogens with two attached hydrogens (primary N) is 1. The van der Waals surface area contributed by atoms with Gasteiger partial charge >= 0.3 is 0 Å². The Morgan fingerprint density at radius 1 is 1.53 bits per heavy atom. The molecule has 3 N–H and O–H groups in total. The highest BCUT2D eigenvalue weighted by molar-refractivity contribution is 6.35. The second-order valence-corrected chi connectivity index (χ2v) is 4.39. The van der Waals surface area contributed by atoms with Gasteiger partial charge in [-0.05, 0) is 24.9 Å². The second kappa shape index (κ2) is 6.16. The Hall–Kier alpha value is -0.510. The first-order valence-electron chi connectivity index (χ1n) is 4.88. The molecule has 0 aliphatic carbocycles. The van der Waals surface area contributed by atoms with E-state index >= 15 is 0 Å². The van der Waals surface area contributed by atoms with Gasteiger partial charge in [0.2, 0.25) is 0 Å². The van der Waals surface area contributed by atoms with Crippen LogP contribution in [0.2, 0.25) is 10.0 Å². The standard InChI is InChI=1S/C10H15Cl2N3/c1-7(2-3-13)5-14-10-9(12)4-8(11)6-15-10/h4,6-7H,2-3,5,13H2,1H3,(H,14,15). The number of hydrogen-bond acceptors (Lipinski definition) is 3. The molecule has 0 fully saturated rings. The van der Waals surface area contributed by atoms with E-state index < -0.39 is 0 Å². The highest BCUT2D eigenvalue weighted by Crippen LogP contribution is 2.22. The molecule has 0 amide bonds. The molecule has 0 saturated heterocycles. The van der Waals surface area contributed by atoms with Crippen LogP contribution in [0.5, 0.6) is 0 Å². The highest BCUT2D eigenvalue weighted by Gasteiger charge is 2.05. The minimum atomic E-state index is 0.503. The first-order valence-corrected chi connectivity index (χ1v) is 5.64. The Kier molecular flexibility index (Phi) is 5.15. The van der Waals surface area contributed by atoms with E-state index in [-0.39, 0.29) is 0 Å². The van der Waals surface area contributed by atoms with Crippen LogP contribution >= 0.6 is 23.2 Å². The topological polar surface area (TPSA) is 50.9 Å². The third-order valence-electron chi connectivity index (χ3n) is 2.09. The summed E-state index contributed by atoms with van der Waals surface area (Å²) in [5, 5.41) is 4.25. The van der Waals surface area contributed by atoms with Crippen molar-refractivity contribution < 1.29 is 0 Å². The number of pyridine rings is 1. The van der Waals surface area contributed by atoms with Crippen molar-refractivity contribution in [2.24, 2.45) is 11.7 Å². The van der Waals surface area contributed by atoms with E-state index in [4.69, 9.17) is 28.9 Å². The molecule has 1 heterocycles. The molecule has 0 radical (unpaired) electrons. The lowest BCUT2D eigenvalue weighted by Crippen LogP contribution is -2.15. The van der Waals surface area contributed by atoms with E-state index in [9.17, 15) is 0 Å². The molecule has 15 heavy (non-hydrogen) atoms. The predicted octanol–water partition coefficient (Wildman–Crippen LogP) is 2.79. The van der Waals surface area contributed by atoms with E-state index in [0.717, 1.165) is 13.0 Å². The van der Waals surface area contributed by atoms with Gasteiger partial charge in [-0.2, -0.15) is 0 Å². The summed E-state index contributed by atoms with van der Waals surface area (Å²) in [6, 6.07) is 1.67. The molecule has 84 valence electrons. The number of nitrogens with zero attached hydrogens (tertiary/aromatic N) is 1. The van der Waals surface area contributed by atoms with Gasteiger partial charge in [0.05, 0.1) is 10.0 Å². The largest absolute Gasteiger partial charge is 0.369 e. The lowest BCUT2D eigenvalue weighted by molar-refractivity contribution is 0.567. The molecule has 1 rings (SSSR count). The Morgan fingerprint density at radius 3 is 2.87 bits per heavy atom. The molecular weight excluding hydrogens is 233 g/mol. The molecule has 0 bridgehead atoms. The Balaban J connectivity index is 2.50. The minimum Gasteiger partial charge on any atom is -0.369 e. The maximum absolute atomic E-state index is 5.96. The number of halogens is 2. The summed E-state index contributed by atoms with van der Waals surface area (Å²) in [7, 11) is 0. The normalized spacial score (nSPS) is 12.5. The summed E-state index contributed by atoms with van der Waals surface area (Å²) in [5.74, 6) is 1.17. The van der Waals surface area contributed by atoms with Gasteiger partial charge in [0.1, 0.15) is 5.82 Å². The van der Waals surface area contributed by atoms with Crippen molar-refractivity contribution in [3.63, 3.8) is 0 Å². The van der Waals surface area contributed by atoms with Crippen molar-refractivity contribution in [1.82, 2.24) is 4.98 Å². The lowest BCUT2D eigenvalue weighted by atomic mass is 10.1. The molecule has 1 aromatic heterocycles. The van der Waals surface area contributed by atoms with Crippen molar-refractivity contribution in [2.45, 2.75) is 13.3 Å². The Morgan fingerprint density at radius 2 is 2.27 bits per heavy atom. The van der Waals surface area contributed by atoms with E-state index in [1.807, 2.05) is 0 Å². The van der Waals surface area contributed by atoms with Crippen LogP contribution in [0.1, 0.15) is 13.3 Å². The SMILES string of the molecule is CC(CCN)CNc1ncc(Cl)cc1Cl. The predicted molar refractivity (Wildman–Crippen MR) is 65.6 cm³/mol. The van der Waals surface area contributed by atoms with Crippen LogP contribution in [0.15, 0.2) is 12.3 Å². The van der Waals surface area contributed by atoms with Crippen molar-refractivity contribution in [3.05, 3.63) is 22.3 Å². The van der Waals surface area contributed by atoms with Gasteiger partial charge in [-0.3, -0.25) is 0 Å². The monoisotopic (exact) mass is 247 g/mol. The molecular formula is C10H15Cl2N3. The van der Waals surface area contributed by atoms with Gasteiger partial charge in [0, 0.05) is 12.7 Å². The third kappa shape index (κ3) is 4.24. The van der Waals surface area contributed by atoms with Crippen LogP contribution in [0.3, 0.4) is 0 Å². The van der Waals surface area contributed by atoms with Crippen molar-refractivity contribution in [1.29, 1.82) is 0 Å². The lowest BCUT2D eigenvalue weighted by Gasteiger charge is -2.12. The zero-order valence-electron chi connectivity index (χ0n) is 8.63. The van der Waals surface area contributed by atoms with Gasteiger partial charge in [0.25, 0.3) is 0 Å². The zero-order valence-corrected chi connectivity index (χ0v) is 10.1. The first kappa shape index (κ1) is 12.6. The van der Waals surface area contributed by atoms with Crippen LogP contribution in [0.4, 0.5) is 5.82 Å². The van der Waals surface area contributed by atoms with Gasteiger partial charge in [0.15, 0.2) is 0 Å². The van der Waals surface area contributed by atoms with Crippen molar-refractivity contribution >= 4 is 29.0 Å². The number of aromatic nitrogens is 1. The minimum absolute atomic E-state index is 0.503. The molecule has 1 aromatic rings. The van der Waals surface area contributed by atoms with E-state index in [0.29, 0.717) is 28.3 Å². The van der Waals surface area contributed by atoms with Gasteiger partial charge in [-0.15, -0.1) is 0 Å². The van der Waals surface area contributed by atoms with E-state index in [1.165, 1.54) is 0 Å². The third-order valence-corrected chi connectivity index (χ3v) is 2.58. The first-order chi connectivity index (χ1) is 7.13. The quantitative estimate of drug-likeness (QED) is 0.842. The van der Waals surface area contributed by atoms with Crippen LogP contribution in [0, 0.1) is 5.92 Å². The highest BCUT2D eigenvalue weighted by atomic mass is 35.5. The van der Waals surface area contributed by atoms with E-state index in [2.05, 4.69) is 17.2 Å². The second-order valence-electron chi connectivity index (χ2n) is 3.55. The molecule has 1 atom stereocenters. The Bertz CT molecular complexity index is 318. The fourth-order valence-electron chi connectivity index (χ4n) is 1.20. The molecule has 0 saturated carbocycles. The summed E-state index contributed by atoms with van der Waals surface area (Å²) in [6.07, 6.45) is 2.56. The van der Waals surface area contributed by atoms with Gasteiger partial charge in [-0.25, -0.2) is 4.98 Å². The fourth-order valence-corrected chi connectivity index (χ4v) is 1.65. The van der Waals surface area contributed by atoms with E-state index in [1.54, 1.807) is 12.3 Å². The summed E-state index contributed by atoms with van der Waals surface area (Å²) < 4.78 is 0. The average molecular weight is 248 g/mol. The smallest absolute Gasteiger partial charge is 0.144 e. The molecule has 0 aliphatic rings. The number of nitrogens with one attached hydrogen (secondary N) is 1. The summed E-state index contributed by atoms with van der Waals surface area (Å²) in [4.78, 5) is 4.10. The fraction of sp³-hybridized carbons (Fsp3) is 0.500. The van der Waals surface area contributed by atoms with Crippen molar-refractivity contribution in [3.8, 4) is 0 Å². The summed E-state index contributed by atoms with van der Waals surface area (Å²) in [6.45, 7) is 3.64. The number of hydrogen-bond donors (Lipinski definition) is 2. The van der Waals surface area contributed by atoms with Gasteiger partial charge in [-0.1, -0.05) is 30.1 Å². The van der Waals surface area contributed by atoms with Crippen LogP contribution in [-0.2, 0) is 0 Å². The molecule has 1 unspecified atom stereocenters. The Labute approximate surface area is 100.0 Å². The summed E-state index contributed by atoms with van der Waals surface area (Å²) >= 11 is 11.7. The maximum Gasteiger partial charge on any atom is 0.144 e. The van der Waals surface area contributed by atoms with Crippen LogP contribution < -0.4 is 11.1 Å². The molecule has 0 spiro atoms. The number of rotatable bonds is 5. The molecule has 0 aromatic carbocycles. The van der Waals surface area contributed by atoms with Crippen LogP contribution in [-0.4, -0.2) is 18.1 Å². The van der Waals surface area contributed by atoms with Crippen molar-refractivity contribution in [2.75, 3.05) is 18.4 Å². The number of anilines is 1.